The molecular weight excluding hydrogens is 455 g/mol. The van der Waals surface area contributed by atoms with Crippen molar-refractivity contribution in [3.63, 3.8) is 0 Å². The molecule has 2 unspecified atom stereocenters. The Morgan fingerprint density at radius 1 is 1.28 bits per heavy atom. The van der Waals surface area contributed by atoms with Gasteiger partial charge in [-0.1, -0.05) is 25.5 Å². The van der Waals surface area contributed by atoms with Crippen LogP contribution in [-0.4, -0.2) is 55.9 Å². The van der Waals surface area contributed by atoms with Crippen molar-refractivity contribution in [2.45, 2.75) is 71.9 Å². The van der Waals surface area contributed by atoms with Crippen molar-refractivity contribution in [1.82, 2.24) is 15.6 Å². The van der Waals surface area contributed by atoms with Crippen molar-refractivity contribution in [3.8, 4) is 0 Å². The molecule has 0 aromatic carbocycles. The molecule has 2 atom stereocenters. The number of hydrogen-bond donors (Lipinski definition) is 2. The normalized spacial score (nSPS) is 22.3. The van der Waals surface area contributed by atoms with Gasteiger partial charge in [-0.15, -0.1) is 0 Å². The highest BCUT2D eigenvalue weighted by atomic mass is 19.1. The molecule has 1 aromatic heterocycles. The molecule has 3 aliphatic rings. The van der Waals surface area contributed by atoms with E-state index in [1.165, 1.54) is 42.1 Å². The Balaban J connectivity index is 0.000000201. The second-order valence-corrected chi connectivity index (χ2v) is 9.59. The van der Waals surface area contributed by atoms with Crippen molar-refractivity contribution in [2.75, 3.05) is 36.5 Å². The maximum absolute atomic E-state index is 13.9. The number of carbonyl (C=O) groups excluding carboxylic acids is 1. The number of allylic oxidation sites excluding steroid dienone is 5. The maximum atomic E-state index is 13.9. The van der Waals surface area contributed by atoms with Crippen molar-refractivity contribution in [2.24, 2.45) is 4.99 Å². The summed E-state index contributed by atoms with van der Waals surface area (Å²) in [5.41, 5.74) is 4.56. The molecule has 2 saturated heterocycles. The van der Waals surface area contributed by atoms with E-state index in [9.17, 15) is 9.18 Å². The van der Waals surface area contributed by atoms with Gasteiger partial charge in [0.2, 0.25) is 6.41 Å². The predicted octanol–water partition coefficient (Wildman–Crippen LogP) is 4.67. The fraction of sp³-hybridized carbons (Fsp3) is 0.536. The molecular formula is C28H41FN6O. The third kappa shape index (κ3) is 7.03. The molecule has 7 nitrogen and oxygen atoms in total. The number of likely N-dealkylation sites (N-methyl/N-ethyl adjacent to an activating group) is 1. The van der Waals surface area contributed by atoms with E-state index in [1.807, 2.05) is 33.0 Å². The van der Waals surface area contributed by atoms with Crippen molar-refractivity contribution in [3.05, 3.63) is 53.3 Å². The Hall–Kier alpha value is -3.00. The Morgan fingerprint density at radius 2 is 2.00 bits per heavy atom. The van der Waals surface area contributed by atoms with Crippen LogP contribution in [0.4, 0.5) is 15.9 Å². The van der Waals surface area contributed by atoms with Crippen LogP contribution in [0.2, 0.25) is 0 Å². The lowest BCUT2D eigenvalue weighted by Gasteiger charge is -2.35. The number of aliphatic imine (C=N–C) groups is 1. The number of piperazine rings is 1. The van der Waals surface area contributed by atoms with Gasteiger partial charge in [-0.05, 0) is 58.6 Å². The van der Waals surface area contributed by atoms with Crippen LogP contribution in [0.5, 0.6) is 0 Å². The monoisotopic (exact) mass is 496 g/mol. The van der Waals surface area contributed by atoms with E-state index < -0.39 is 5.83 Å². The summed E-state index contributed by atoms with van der Waals surface area (Å²) < 4.78 is 13.9. The molecule has 0 saturated carbocycles. The Labute approximate surface area is 215 Å². The summed E-state index contributed by atoms with van der Waals surface area (Å²) in [6, 6.07) is 3.61. The van der Waals surface area contributed by atoms with Gasteiger partial charge in [0.25, 0.3) is 0 Å². The number of nitrogens with zero attached hydrogens (tertiary/aromatic N) is 4. The standard InChI is InChI=1S/C14H21FN2O.C14H20N4/c1-5-8-12(17-11(4)6-2)9-13(15)14(7-3)16-10-18;1-17-7-5-12-13(4-6-15-14(12)17)18-8-10-2-3-11(9-18)16-10/h6-7,9-10H,5,8H2,1-4H3,(H,16,18);4,6,10-11,16H,2-3,5,7-9H2,1H3/b11-6-,13-9+,14-7+,17-12-;. The summed E-state index contributed by atoms with van der Waals surface area (Å²) in [4.78, 5) is 24.0. The van der Waals surface area contributed by atoms with Gasteiger partial charge >= 0.3 is 0 Å². The van der Waals surface area contributed by atoms with Gasteiger partial charge in [0.15, 0.2) is 0 Å². The Morgan fingerprint density at radius 3 is 2.61 bits per heavy atom. The summed E-state index contributed by atoms with van der Waals surface area (Å²) in [7, 11) is 2.14. The Bertz CT molecular complexity index is 1020. The SMILES string of the molecule is CN1CCc2c(N3CC4CCC(C3)N4)ccnc21.C\C=C(C)/N=C(\C=C(F)/C(=C\C)NC=O)CCC. The number of hydrogen-bond acceptors (Lipinski definition) is 6. The number of carbonyl (C=O) groups is 1. The molecule has 1 amide bonds. The summed E-state index contributed by atoms with van der Waals surface area (Å²) in [6.45, 7) is 10.8. The van der Waals surface area contributed by atoms with Crippen LogP contribution in [0.1, 0.15) is 58.9 Å². The maximum Gasteiger partial charge on any atom is 0.211 e. The minimum absolute atomic E-state index is 0.159. The minimum Gasteiger partial charge on any atom is -0.368 e. The molecule has 3 aliphatic heterocycles. The summed E-state index contributed by atoms with van der Waals surface area (Å²) in [5, 5.41) is 6.01. The van der Waals surface area contributed by atoms with E-state index in [2.05, 4.69) is 43.5 Å². The lowest BCUT2D eigenvalue weighted by Crippen LogP contribution is -2.51. The van der Waals surface area contributed by atoms with Gasteiger partial charge in [0, 0.05) is 67.6 Å². The topological polar surface area (TPSA) is 72.9 Å². The third-order valence-electron chi connectivity index (χ3n) is 6.92. The first-order chi connectivity index (χ1) is 17.4. The fourth-order valence-electron chi connectivity index (χ4n) is 5.00. The van der Waals surface area contributed by atoms with Gasteiger partial charge in [0.1, 0.15) is 11.6 Å². The number of halogens is 1. The molecule has 2 bridgehead atoms. The van der Waals surface area contributed by atoms with Crippen LogP contribution >= 0.6 is 0 Å². The zero-order valence-corrected chi connectivity index (χ0v) is 22.4. The Kier molecular flexibility index (Phi) is 10.2. The van der Waals surface area contributed by atoms with Crippen molar-refractivity contribution < 1.29 is 9.18 Å². The quantitative estimate of drug-likeness (QED) is 0.311. The first kappa shape index (κ1) is 27.6. The van der Waals surface area contributed by atoms with E-state index in [-0.39, 0.29) is 5.70 Å². The fourth-order valence-corrected chi connectivity index (χ4v) is 5.00. The van der Waals surface area contributed by atoms with Gasteiger partial charge in [-0.25, -0.2) is 9.37 Å². The first-order valence-electron chi connectivity index (χ1n) is 13.0. The molecule has 0 aliphatic carbocycles. The van der Waals surface area contributed by atoms with E-state index >= 15 is 0 Å². The van der Waals surface area contributed by atoms with E-state index in [1.54, 1.807) is 6.92 Å². The van der Waals surface area contributed by atoms with Crippen molar-refractivity contribution in [1.29, 1.82) is 0 Å². The van der Waals surface area contributed by atoms with E-state index in [4.69, 9.17) is 0 Å². The van der Waals surface area contributed by atoms with Gasteiger partial charge in [-0.3, -0.25) is 9.79 Å². The summed E-state index contributed by atoms with van der Waals surface area (Å²) in [6.07, 6.45) is 12.6. The highest BCUT2D eigenvalue weighted by Crippen LogP contribution is 2.35. The molecule has 36 heavy (non-hydrogen) atoms. The molecule has 2 N–H and O–H groups in total. The lowest BCUT2D eigenvalue weighted by atomic mass is 10.1. The minimum atomic E-state index is -0.485. The van der Waals surface area contributed by atoms with Crippen LogP contribution in [0.25, 0.3) is 0 Å². The van der Waals surface area contributed by atoms with Crippen LogP contribution in [0, 0.1) is 0 Å². The number of aromatic nitrogens is 1. The highest BCUT2D eigenvalue weighted by molar-refractivity contribution is 5.96. The number of amides is 1. The third-order valence-corrected chi connectivity index (χ3v) is 6.92. The van der Waals surface area contributed by atoms with Gasteiger partial charge in [-0.2, -0.15) is 0 Å². The molecule has 0 radical (unpaired) electrons. The molecule has 8 heteroatoms. The molecule has 4 heterocycles. The average Bonchev–Trinajstić information content (AvgIpc) is 3.43. The first-order valence-corrected chi connectivity index (χ1v) is 13.0. The van der Waals surface area contributed by atoms with Crippen LogP contribution in [-0.2, 0) is 11.2 Å². The number of rotatable bonds is 8. The molecule has 196 valence electrons. The number of fused-ring (bicyclic) bond motifs is 3. The number of pyridine rings is 1. The van der Waals surface area contributed by atoms with Crippen molar-refractivity contribution >= 4 is 23.6 Å². The summed E-state index contributed by atoms with van der Waals surface area (Å²) >= 11 is 0. The molecule has 0 spiro atoms. The molecule has 1 aromatic rings. The predicted molar refractivity (Wildman–Crippen MR) is 147 cm³/mol. The zero-order valence-electron chi connectivity index (χ0n) is 22.4. The van der Waals surface area contributed by atoms with Gasteiger partial charge < -0.3 is 20.4 Å². The largest absolute Gasteiger partial charge is 0.368 e. The highest BCUT2D eigenvalue weighted by Gasteiger charge is 2.34. The lowest BCUT2D eigenvalue weighted by molar-refractivity contribution is -0.108. The van der Waals surface area contributed by atoms with E-state index in [0.29, 0.717) is 30.6 Å². The zero-order chi connectivity index (χ0) is 26.1. The summed E-state index contributed by atoms with van der Waals surface area (Å²) in [5.74, 6) is 0.707. The van der Waals surface area contributed by atoms with Crippen LogP contribution in [0.3, 0.4) is 0 Å². The molecule has 2 fully saturated rings. The number of nitrogens with one attached hydrogen (secondary N) is 2. The van der Waals surface area contributed by atoms with E-state index in [0.717, 1.165) is 38.2 Å². The average molecular weight is 497 g/mol. The number of anilines is 2. The van der Waals surface area contributed by atoms with Crippen LogP contribution in [0.15, 0.2) is 52.7 Å². The van der Waals surface area contributed by atoms with Gasteiger partial charge in [0.05, 0.1) is 5.70 Å². The second kappa shape index (κ2) is 13.3. The second-order valence-electron chi connectivity index (χ2n) is 9.59. The smallest absolute Gasteiger partial charge is 0.211 e. The molecule has 4 rings (SSSR count). The van der Waals surface area contributed by atoms with Crippen LogP contribution < -0.4 is 20.4 Å².